The molecule has 3 rings (SSSR count). The third kappa shape index (κ3) is 6.25. The van der Waals surface area contributed by atoms with Crippen molar-refractivity contribution >= 4 is 11.8 Å². The van der Waals surface area contributed by atoms with Gasteiger partial charge in [0, 0.05) is 37.3 Å². The zero-order chi connectivity index (χ0) is 20.9. The molecule has 164 valence electrons. The van der Waals surface area contributed by atoms with Gasteiger partial charge in [0.2, 0.25) is 11.8 Å². The molecule has 0 aromatic carbocycles. The molecule has 1 unspecified atom stereocenters. The number of ether oxygens (including phenoxy) is 3. The fourth-order valence-electron chi connectivity index (χ4n) is 3.56. The predicted molar refractivity (Wildman–Crippen MR) is 109 cm³/mol. The van der Waals surface area contributed by atoms with Crippen LogP contribution in [0.15, 0.2) is 10.6 Å². The number of aromatic nitrogens is 1. The van der Waals surface area contributed by atoms with E-state index in [9.17, 15) is 4.79 Å². The Balaban J connectivity index is 1.53. The van der Waals surface area contributed by atoms with Crippen LogP contribution in [-0.2, 0) is 24.4 Å². The summed E-state index contributed by atoms with van der Waals surface area (Å²) >= 11 is 0. The minimum Gasteiger partial charge on any atom is -0.381 e. The van der Waals surface area contributed by atoms with Crippen LogP contribution in [0.1, 0.15) is 65.5 Å². The molecule has 1 aromatic rings. The lowest BCUT2D eigenvalue weighted by Gasteiger charge is -2.32. The summed E-state index contributed by atoms with van der Waals surface area (Å²) < 4.78 is 22.3. The van der Waals surface area contributed by atoms with Crippen LogP contribution >= 0.6 is 0 Å². The summed E-state index contributed by atoms with van der Waals surface area (Å²) in [4.78, 5) is 12.8. The lowest BCUT2D eigenvalue weighted by atomic mass is 9.90. The van der Waals surface area contributed by atoms with Crippen LogP contribution in [0.3, 0.4) is 0 Å². The molecule has 0 saturated carbocycles. The van der Waals surface area contributed by atoms with E-state index in [2.05, 4.69) is 15.8 Å². The quantitative estimate of drug-likeness (QED) is 0.681. The van der Waals surface area contributed by atoms with Gasteiger partial charge in [0.1, 0.15) is 0 Å². The SMILES string of the molecule is CC(C)(NC1CCOCC1)C(=O)Nc1cc(C(C)(C)COC2CCCCO2)no1. The first-order chi connectivity index (χ1) is 13.8. The minimum absolute atomic E-state index is 0.147. The van der Waals surface area contributed by atoms with Crippen LogP contribution in [0.5, 0.6) is 0 Å². The second-order valence-electron chi connectivity index (χ2n) is 9.18. The molecule has 0 radical (unpaired) electrons. The van der Waals surface area contributed by atoms with Crippen molar-refractivity contribution in [3.8, 4) is 0 Å². The van der Waals surface area contributed by atoms with Gasteiger partial charge in [-0.1, -0.05) is 19.0 Å². The first-order valence-corrected chi connectivity index (χ1v) is 10.6. The van der Waals surface area contributed by atoms with Gasteiger partial charge in [0.05, 0.1) is 17.8 Å². The van der Waals surface area contributed by atoms with Gasteiger partial charge in [-0.2, -0.15) is 0 Å². The van der Waals surface area contributed by atoms with E-state index in [0.717, 1.165) is 57.6 Å². The molecule has 0 spiro atoms. The van der Waals surface area contributed by atoms with Crippen LogP contribution in [-0.4, -0.2) is 55.4 Å². The molecule has 1 atom stereocenters. The number of nitrogens with zero attached hydrogens (tertiary/aromatic N) is 1. The van der Waals surface area contributed by atoms with Gasteiger partial charge in [-0.3, -0.25) is 10.1 Å². The highest BCUT2D eigenvalue weighted by Crippen LogP contribution is 2.27. The molecule has 1 amide bonds. The predicted octanol–water partition coefficient (Wildman–Crippen LogP) is 2.98. The van der Waals surface area contributed by atoms with Crippen LogP contribution in [0, 0.1) is 0 Å². The fourth-order valence-corrected chi connectivity index (χ4v) is 3.56. The monoisotopic (exact) mass is 409 g/mol. The Morgan fingerprint density at radius 2 is 1.93 bits per heavy atom. The number of hydrogen-bond acceptors (Lipinski definition) is 7. The summed E-state index contributed by atoms with van der Waals surface area (Å²) in [6, 6.07) is 2.04. The summed E-state index contributed by atoms with van der Waals surface area (Å²) in [6.45, 7) is 10.5. The van der Waals surface area contributed by atoms with E-state index in [1.807, 2.05) is 27.7 Å². The molecule has 29 heavy (non-hydrogen) atoms. The van der Waals surface area contributed by atoms with Crippen molar-refractivity contribution in [1.29, 1.82) is 0 Å². The van der Waals surface area contributed by atoms with Crippen molar-refractivity contribution in [3.63, 3.8) is 0 Å². The molecule has 0 bridgehead atoms. The topological polar surface area (TPSA) is 94.9 Å². The number of rotatable bonds is 8. The lowest BCUT2D eigenvalue weighted by molar-refractivity contribution is -0.170. The molecule has 2 saturated heterocycles. The third-order valence-corrected chi connectivity index (χ3v) is 5.56. The van der Waals surface area contributed by atoms with Gasteiger partial charge in [0.15, 0.2) is 6.29 Å². The number of amides is 1. The largest absolute Gasteiger partial charge is 0.381 e. The number of nitrogens with one attached hydrogen (secondary N) is 2. The highest BCUT2D eigenvalue weighted by atomic mass is 16.7. The van der Waals surface area contributed by atoms with Gasteiger partial charge in [-0.15, -0.1) is 0 Å². The summed E-state index contributed by atoms with van der Waals surface area (Å²) in [5.41, 5.74) is -0.353. The molecule has 3 heterocycles. The Hall–Kier alpha value is -1.48. The molecule has 0 aliphatic carbocycles. The van der Waals surface area contributed by atoms with E-state index in [0.29, 0.717) is 12.5 Å². The van der Waals surface area contributed by atoms with E-state index in [1.165, 1.54) is 0 Å². The van der Waals surface area contributed by atoms with E-state index >= 15 is 0 Å². The molecular weight excluding hydrogens is 374 g/mol. The Labute approximate surface area is 173 Å². The van der Waals surface area contributed by atoms with Gasteiger partial charge in [-0.05, 0) is 46.0 Å². The summed E-state index contributed by atoms with van der Waals surface area (Å²) in [5.74, 6) is 0.185. The molecule has 8 nitrogen and oxygen atoms in total. The molecule has 1 aromatic heterocycles. The maximum Gasteiger partial charge on any atom is 0.246 e. The number of anilines is 1. The molecule has 8 heteroatoms. The van der Waals surface area contributed by atoms with Crippen molar-refractivity contribution in [1.82, 2.24) is 10.5 Å². The van der Waals surface area contributed by atoms with E-state index < -0.39 is 5.54 Å². The van der Waals surface area contributed by atoms with E-state index in [4.69, 9.17) is 18.7 Å². The van der Waals surface area contributed by atoms with Crippen LogP contribution in [0.25, 0.3) is 0 Å². The Morgan fingerprint density at radius 3 is 2.62 bits per heavy atom. The first kappa shape index (κ1) is 22.2. The third-order valence-electron chi connectivity index (χ3n) is 5.56. The zero-order valence-corrected chi connectivity index (χ0v) is 18.1. The zero-order valence-electron chi connectivity index (χ0n) is 18.1. The summed E-state index contributed by atoms with van der Waals surface area (Å²) in [5, 5.41) is 10.4. The van der Waals surface area contributed by atoms with Gasteiger partial charge >= 0.3 is 0 Å². The minimum atomic E-state index is -0.730. The van der Waals surface area contributed by atoms with Gasteiger partial charge < -0.3 is 24.1 Å². The van der Waals surface area contributed by atoms with Crippen molar-refractivity contribution < 1.29 is 23.5 Å². The highest BCUT2D eigenvalue weighted by molar-refractivity contribution is 5.96. The number of carbonyl (C=O) groups is 1. The normalized spacial score (nSPS) is 21.9. The van der Waals surface area contributed by atoms with Crippen molar-refractivity contribution in [2.75, 3.05) is 31.7 Å². The number of carbonyl (C=O) groups excluding carboxylic acids is 1. The summed E-state index contributed by atoms with van der Waals surface area (Å²) in [7, 11) is 0. The Morgan fingerprint density at radius 1 is 1.17 bits per heavy atom. The van der Waals surface area contributed by atoms with Gasteiger partial charge in [-0.25, -0.2) is 0 Å². The smallest absolute Gasteiger partial charge is 0.246 e. The van der Waals surface area contributed by atoms with Gasteiger partial charge in [0.25, 0.3) is 0 Å². The van der Waals surface area contributed by atoms with Crippen LogP contribution < -0.4 is 10.6 Å². The average Bonchev–Trinajstić information content (AvgIpc) is 3.17. The van der Waals surface area contributed by atoms with Crippen molar-refractivity contribution in [2.24, 2.45) is 0 Å². The standard InChI is InChI=1S/C21H35N3O5/c1-20(2,14-28-18-7-5-6-10-27-18)16-13-17(29-24-16)22-19(25)21(3,4)23-15-8-11-26-12-9-15/h13,15,18,23H,5-12,14H2,1-4H3,(H,22,25). The number of hydrogen-bond donors (Lipinski definition) is 2. The van der Waals surface area contributed by atoms with E-state index in [1.54, 1.807) is 6.07 Å². The summed E-state index contributed by atoms with van der Waals surface area (Å²) in [6.07, 6.45) is 4.81. The fraction of sp³-hybridized carbons (Fsp3) is 0.810. The molecule has 2 N–H and O–H groups in total. The first-order valence-electron chi connectivity index (χ1n) is 10.6. The Bertz CT molecular complexity index is 661. The average molecular weight is 410 g/mol. The lowest BCUT2D eigenvalue weighted by Crippen LogP contribution is -2.55. The Kier molecular flexibility index (Phi) is 7.32. The van der Waals surface area contributed by atoms with Crippen LogP contribution in [0.2, 0.25) is 0 Å². The van der Waals surface area contributed by atoms with Crippen molar-refractivity contribution in [3.05, 3.63) is 11.8 Å². The molecule has 2 aliphatic rings. The molecular formula is C21H35N3O5. The maximum atomic E-state index is 12.8. The molecule has 2 fully saturated rings. The highest BCUT2D eigenvalue weighted by Gasteiger charge is 2.33. The van der Waals surface area contributed by atoms with Crippen molar-refractivity contribution in [2.45, 2.75) is 83.1 Å². The maximum absolute atomic E-state index is 12.8. The van der Waals surface area contributed by atoms with Crippen LogP contribution in [0.4, 0.5) is 5.88 Å². The molecule has 2 aliphatic heterocycles. The second-order valence-corrected chi connectivity index (χ2v) is 9.18. The second kappa shape index (κ2) is 9.55. The van der Waals surface area contributed by atoms with E-state index in [-0.39, 0.29) is 23.7 Å².